The van der Waals surface area contributed by atoms with Crippen molar-refractivity contribution in [1.82, 2.24) is 19.8 Å². The number of amides is 1. The maximum absolute atomic E-state index is 12.9. The van der Waals surface area contributed by atoms with Crippen LogP contribution in [0, 0.1) is 20.8 Å². The van der Waals surface area contributed by atoms with Gasteiger partial charge in [0.25, 0.3) is 0 Å². The lowest BCUT2D eigenvalue weighted by molar-refractivity contribution is -0.116. The third kappa shape index (κ3) is 5.17. The monoisotopic (exact) mass is 543 g/mol. The van der Waals surface area contributed by atoms with Gasteiger partial charge in [-0.15, -0.1) is 0 Å². The maximum atomic E-state index is 12.9. The summed E-state index contributed by atoms with van der Waals surface area (Å²) >= 11 is 12.4. The summed E-state index contributed by atoms with van der Waals surface area (Å²) in [6, 6.07) is 23.4. The molecule has 0 saturated carbocycles. The molecule has 1 aliphatic heterocycles. The Morgan fingerprint density at radius 1 is 1.05 bits per heavy atom. The Kier molecular flexibility index (Phi) is 7.49. The number of benzene rings is 2. The van der Waals surface area contributed by atoms with E-state index in [4.69, 9.17) is 23.8 Å². The molecule has 1 fully saturated rings. The van der Waals surface area contributed by atoms with E-state index >= 15 is 0 Å². The zero-order valence-corrected chi connectivity index (χ0v) is 23.2. The molecule has 2 aromatic carbocycles. The van der Waals surface area contributed by atoms with Crippen LogP contribution in [-0.2, 0) is 4.79 Å². The molecule has 0 bridgehead atoms. The molecular weight excluding hydrogens is 514 g/mol. The van der Waals surface area contributed by atoms with E-state index in [1.54, 1.807) is 6.20 Å². The van der Waals surface area contributed by atoms with Crippen molar-refractivity contribution < 1.29 is 4.79 Å². The minimum absolute atomic E-state index is 0.0556. The Hall–Kier alpha value is -3.68. The number of anilines is 1. The molecule has 1 saturated heterocycles. The number of rotatable bonds is 7. The predicted octanol–water partition coefficient (Wildman–Crippen LogP) is 6.45. The fraction of sp³-hybridized carbons (Fsp3) is 0.233. The zero-order valence-electron chi connectivity index (χ0n) is 21.6. The van der Waals surface area contributed by atoms with Crippen molar-refractivity contribution in [2.75, 3.05) is 11.9 Å². The number of carbonyl (C=O) groups is 1. The molecule has 1 amide bonds. The Bertz CT molecular complexity index is 1490. The molecule has 1 aliphatic rings. The van der Waals surface area contributed by atoms with Crippen LogP contribution in [0.3, 0.4) is 0 Å². The number of aromatic nitrogens is 2. The van der Waals surface area contributed by atoms with Gasteiger partial charge in [0, 0.05) is 36.2 Å². The van der Waals surface area contributed by atoms with Gasteiger partial charge in [-0.25, -0.2) is 0 Å². The van der Waals surface area contributed by atoms with E-state index in [1.807, 2.05) is 73.7 Å². The van der Waals surface area contributed by atoms with E-state index in [1.165, 1.54) is 0 Å². The summed E-state index contributed by atoms with van der Waals surface area (Å²) in [5.41, 5.74) is 6.98. The molecule has 0 aliphatic carbocycles. The number of pyridine rings is 1. The Morgan fingerprint density at radius 2 is 1.84 bits per heavy atom. The number of hydrogen-bond acceptors (Lipinski definition) is 3. The molecule has 38 heavy (non-hydrogen) atoms. The van der Waals surface area contributed by atoms with Crippen LogP contribution in [0.15, 0.2) is 79.0 Å². The van der Waals surface area contributed by atoms with E-state index < -0.39 is 0 Å². The highest BCUT2D eigenvalue weighted by atomic mass is 35.5. The number of aryl methyl sites for hydroxylation is 2. The van der Waals surface area contributed by atoms with Crippen LogP contribution in [-0.4, -0.2) is 32.0 Å². The van der Waals surface area contributed by atoms with Crippen molar-refractivity contribution in [2.24, 2.45) is 0 Å². The number of thiocarbonyl (C=S) groups is 1. The van der Waals surface area contributed by atoms with E-state index in [0.717, 1.165) is 39.6 Å². The Morgan fingerprint density at radius 3 is 2.58 bits per heavy atom. The fourth-order valence-electron chi connectivity index (χ4n) is 5.24. The van der Waals surface area contributed by atoms with Crippen molar-refractivity contribution in [2.45, 2.75) is 39.3 Å². The smallest absolute Gasteiger partial charge is 0.226 e. The summed E-state index contributed by atoms with van der Waals surface area (Å²) in [5.74, 6) is -0.0556. The molecule has 5 rings (SSSR count). The molecule has 2 aromatic heterocycles. The second-order valence-electron chi connectivity index (χ2n) is 9.60. The van der Waals surface area contributed by atoms with Gasteiger partial charge >= 0.3 is 0 Å². The number of nitrogens with zero attached hydrogens (tertiary/aromatic N) is 3. The number of halogens is 1. The van der Waals surface area contributed by atoms with E-state index in [2.05, 4.69) is 45.0 Å². The largest absolute Gasteiger partial charge is 0.352 e. The molecule has 194 valence electrons. The van der Waals surface area contributed by atoms with Crippen LogP contribution in [0.4, 0.5) is 5.69 Å². The Balaban J connectivity index is 1.48. The van der Waals surface area contributed by atoms with Crippen molar-refractivity contribution >= 4 is 40.5 Å². The summed E-state index contributed by atoms with van der Waals surface area (Å²) in [6.45, 7) is 6.65. The SMILES string of the molecule is Cc1cccc(NC(=O)CCN2C(=S)N[C@@H](c3ccccn3)[C@@H]2c2cc(C)n(-c3ccccc3Cl)c2C)c1. The highest BCUT2D eigenvalue weighted by Gasteiger charge is 2.41. The molecule has 3 heterocycles. The first-order valence-corrected chi connectivity index (χ1v) is 13.4. The second kappa shape index (κ2) is 11.0. The van der Waals surface area contributed by atoms with Crippen molar-refractivity contribution in [3.63, 3.8) is 0 Å². The summed E-state index contributed by atoms with van der Waals surface area (Å²) in [6.07, 6.45) is 2.09. The molecule has 2 N–H and O–H groups in total. The minimum Gasteiger partial charge on any atom is -0.352 e. The number of carbonyl (C=O) groups excluding carboxylic acids is 1. The molecule has 4 aromatic rings. The highest BCUT2D eigenvalue weighted by molar-refractivity contribution is 7.80. The molecule has 0 radical (unpaired) electrons. The van der Waals surface area contributed by atoms with Crippen LogP contribution in [0.25, 0.3) is 5.69 Å². The van der Waals surface area contributed by atoms with Gasteiger partial charge in [0.1, 0.15) is 0 Å². The van der Waals surface area contributed by atoms with Crippen LogP contribution in [0.5, 0.6) is 0 Å². The van der Waals surface area contributed by atoms with Crippen LogP contribution in [0.1, 0.15) is 46.7 Å². The third-order valence-corrected chi connectivity index (χ3v) is 7.63. The minimum atomic E-state index is -0.163. The first-order chi connectivity index (χ1) is 18.3. The number of nitrogens with one attached hydrogen (secondary N) is 2. The van der Waals surface area contributed by atoms with Crippen molar-refractivity contribution in [1.29, 1.82) is 0 Å². The van der Waals surface area contributed by atoms with Crippen LogP contribution in [0.2, 0.25) is 5.02 Å². The second-order valence-corrected chi connectivity index (χ2v) is 10.4. The highest BCUT2D eigenvalue weighted by Crippen LogP contribution is 2.41. The van der Waals surface area contributed by atoms with Gasteiger partial charge in [-0.3, -0.25) is 9.78 Å². The molecule has 0 unspecified atom stereocenters. The lowest BCUT2D eigenvalue weighted by atomic mass is 9.96. The van der Waals surface area contributed by atoms with Crippen LogP contribution >= 0.6 is 23.8 Å². The van der Waals surface area contributed by atoms with Crippen molar-refractivity contribution in [3.8, 4) is 5.69 Å². The van der Waals surface area contributed by atoms with Gasteiger partial charge in [0.15, 0.2) is 5.11 Å². The number of para-hydroxylation sites is 1. The molecule has 0 spiro atoms. The summed E-state index contributed by atoms with van der Waals surface area (Å²) in [5, 5.41) is 7.79. The van der Waals surface area contributed by atoms with Crippen LogP contribution < -0.4 is 10.6 Å². The average molecular weight is 544 g/mol. The van der Waals surface area contributed by atoms with E-state index in [-0.39, 0.29) is 18.0 Å². The average Bonchev–Trinajstić information content (AvgIpc) is 3.38. The topological polar surface area (TPSA) is 62.2 Å². The lowest BCUT2D eigenvalue weighted by Gasteiger charge is -2.28. The molecule has 8 heteroatoms. The van der Waals surface area contributed by atoms with Gasteiger partial charge in [-0.1, -0.05) is 41.9 Å². The van der Waals surface area contributed by atoms with Crippen molar-refractivity contribution in [3.05, 3.63) is 112 Å². The molecular formula is C30H30ClN5OS. The maximum Gasteiger partial charge on any atom is 0.226 e. The fourth-order valence-corrected chi connectivity index (χ4v) is 5.80. The third-order valence-electron chi connectivity index (χ3n) is 6.96. The van der Waals surface area contributed by atoms with Gasteiger partial charge in [-0.2, -0.15) is 0 Å². The zero-order chi connectivity index (χ0) is 26.8. The van der Waals surface area contributed by atoms with Gasteiger partial charge in [0.2, 0.25) is 5.91 Å². The summed E-state index contributed by atoms with van der Waals surface area (Å²) < 4.78 is 2.18. The normalized spacial score (nSPS) is 16.9. The van der Waals surface area contributed by atoms with Gasteiger partial charge < -0.3 is 20.1 Å². The van der Waals surface area contributed by atoms with E-state index in [9.17, 15) is 4.79 Å². The quantitative estimate of drug-likeness (QED) is 0.262. The number of hydrogen-bond donors (Lipinski definition) is 2. The van der Waals surface area contributed by atoms with Gasteiger partial charge in [-0.05, 0) is 86.6 Å². The predicted molar refractivity (Wildman–Crippen MR) is 157 cm³/mol. The standard InChI is InChI=1S/C30H30ClN5OS/c1-19-9-8-10-22(17-19)33-27(37)14-16-35-29(28(34-30(35)38)25-12-6-7-15-32-25)23-18-20(2)36(21(23)3)26-13-5-4-11-24(26)31/h4-13,15,17-18,28-29H,14,16H2,1-3H3,(H,33,37)(H,34,38)/t28-,29-/m0/s1. The first kappa shape index (κ1) is 25.9. The molecule has 2 atom stereocenters. The first-order valence-electron chi connectivity index (χ1n) is 12.6. The lowest BCUT2D eigenvalue weighted by Crippen LogP contribution is -2.32. The summed E-state index contributed by atoms with van der Waals surface area (Å²) in [4.78, 5) is 19.7. The van der Waals surface area contributed by atoms with Gasteiger partial charge in [0.05, 0.1) is 28.5 Å². The Labute approximate surface area is 233 Å². The summed E-state index contributed by atoms with van der Waals surface area (Å²) in [7, 11) is 0. The molecule has 6 nitrogen and oxygen atoms in total. The van der Waals surface area contributed by atoms with E-state index in [0.29, 0.717) is 23.1 Å².